The van der Waals surface area contributed by atoms with Crippen molar-refractivity contribution in [1.82, 2.24) is 15.3 Å². The first-order valence-corrected chi connectivity index (χ1v) is 10.4. The zero-order valence-electron chi connectivity index (χ0n) is 17.4. The predicted octanol–water partition coefficient (Wildman–Crippen LogP) is 1.97. The van der Waals surface area contributed by atoms with Crippen LogP contribution < -0.4 is 15.0 Å². The molecule has 0 saturated carbocycles. The molecular formula is C22H32N4O3. The van der Waals surface area contributed by atoms with Crippen LogP contribution in [-0.2, 0) is 11.2 Å². The maximum Gasteiger partial charge on any atom is 0.257 e. The Morgan fingerprint density at radius 3 is 2.76 bits per heavy atom. The highest BCUT2D eigenvalue weighted by Crippen LogP contribution is 2.24. The predicted molar refractivity (Wildman–Crippen MR) is 114 cm³/mol. The number of rotatable bonds is 10. The van der Waals surface area contributed by atoms with Crippen molar-refractivity contribution >= 4 is 5.82 Å². The van der Waals surface area contributed by atoms with Gasteiger partial charge < -0.3 is 24.8 Å². The number of morpholine rings is 1. The van der Waals surface area contributed by atoms with Crippen LogP contribution in [0.2, 0.25) is 0 Å². The van der Waals surface area contributed by atoms with Gasteiger partial charge in [0.15, 0.2) is 5.82 Å². The van der Waals surface area contributed by atoms with Crippen molar-refractivity contribution in [3.8, 4) is 5.88 Å². The largest absolute Gasteiger partial charge is 0.472 e. The first-order valence-electron chi connectivity index (χ1n) is 10.4. The quantitative estimate of drug-likeness (QED) is 0.631. The van der Waals surface area contributed by atoms with Gasteiger partial charge in [0.2, 0.25) is 0 Å². The minimum Gasteiger partial charge on any atom is -0.472 e. The number of ether oxygens (including phenoxy) is 2. The lowest BCUT2D eigenvalue weighted by molar-refractivity contribution is 0.1000. The fraction of sp³-hybridized carbons (Fsp3) is 0.545. The maximum atomic E-state index is 10.3. The van der Waals surface area contributed by atoms with E-state index in [-0.39, 0.29) is 6.61 Å². The second kappa shape index (κ2) is 11.1. The van der Waals surface area contributed by atoms with Gasteiger partial charge in [0.1, 0.15) is 12.7 Å². The van der Waals surface area contributed by atoms with E-state index in [1.807, 2.05) is 13.0 Å². The summed E-state index contributed by atoms with van der Waals surface area (Å²) < 4.78 is 11.2. The van der Waals surface area contributed by atoms with Crippen LogP contribution in [0.25, 0.3) is 0 Å². The highest BCUT2D eigenvalue weighted by Gasteiger charge is 2.19. The Kier molecular flexibility index (Phi) is 8.22. The molecule has 1 aromatic carbocycles. The van der Waals surface area contributed by atoms with Gasteiger partial charge in [-0.05, 0) is 32.3 Å². The van der Waals surface area contributed by atoms with Crippen molar-refractivity contribution in [2.45, 2.75) is 38.8 Å². The highest BCUT2D eigenvalue weighted by atomic mass is 16.5. The summed E-state index contributed by atoms with van der Waals surface area (Å²) in [5.74, 6) is 1.19. The normalized spacial score (nSPS) is 16.4. The molecule has 158 valence electrons. The number of nitrogens with zero attached hydrogens (tertiary/aromatic N) is 3. The van der Waals surface area contributed by atoms with Gasteiger partial charge >= 0.3 is 0 Å². The molecule has 1 aromatic heterocycles. The summed E-state index contributed by atoms with van der Waals surface area (Å²) in [5.41, 5.74) is 2.17. The van der Waals surface area contributed by atoms with Gasteiger partial charge in [-0.1, -0.05) is 30.3 Å². The van der Waals surface area contributed by atoms with Crippen LogP contribution in [0, 0.1) is 6.92 Å². The molecule has 2 atom stereocenters. The van der Waals surface area contributed by atoms with Crippen LogP contribution in [0.15, 0.2) is 36.5 Å². The minimum atomic E-state index is -0.616. The topological polar surface area (TPSA) is 79.7 Å². The molecule has 29 heavy (non-hydrogen) atoms. The number of aliphatic hydroxyl groups is 1. The van der Waals surface area contributed by atoms with E-state index in [1.165, 1.54) is 5.56 Å². The summed E-state index contributed by atoms with van der Waals surface area (Å²) in [6.07, 6.45) is 3.11. The zero-order valence-corrected chi connectivity index (χ0v) is 17.4. The number of aryl methyl sites for hydroxylation is 2. The number of aliphatic hydroxyl groups excluding tert-OH is 1. The Balaban J connectivity index is 1.43. The number of nitrogens with one attached hydrogen (secondary N) is 1. The lowest BCUT2D eigenvalue weighted by atomic mass is 10.1. The number of hydrogen-bond donors (Lipinski definition) is 2. The average molecular weight is 401 g/mol. The van der Waals surface area contributed by atoms with E-state index in [9.17, 15) is 5.11 Å². The van der Waals surface area contributed by atoms with Gasteiger partial charge in [0.05, 0.1) is 25.1 Å². The third-order valence-corrected chi connectivity index (χ3v) is 4.98. The monoisotopic (exact) mass is 400 g/mol. The Bertz CT molecular complexity index is 738. The molecule has 0 aliphatic carbocycles. The van der Waals surface area contributed by atoms with Crippen molar-refractivity contribution in [3.05, 3.63) is 47.8 Å². The Hall–Kier alpha value is -2.22. The maximum absolute atomic E-state index is 10.3. The van der Waals surface area contributed by atoms with Gasteiger partial charge in [-0.15, -0.1) is 0 Å². The van der Waals surface area contributed by atoms with Crippen LogP contribution in [0.1, 0.15) is 24.6 Å². The number of anilines is 1. The molecule has 0 radical (unpaired) electrons. The summed E-state index contributed by atoms with van der Waals surface area (Å²) in [4.78, 5) is 11.1. The summed E-state index contributed by atoms with van der Waals surface area (Å²) in [7, 11) is 0. The lowest BCUT2D eigenvalue weighted by Crippen LogP contribution is -2.38. The molecule has 2 N–H and O–H groups in total. The molecule has 1 saturated heterocycles. The fourth-order valence-electron chi connectivity index (χ4n) is 3.24. The highest BCUT2D eigenvalue weighted by molar-refractivity contribution is 5.49. The van der Waals surface area contributed by atoms with E-state index in [0.29, 0.717) is 31.7 Å². The van der Waals surface area contributed by atoms with Crippen molar-refractivity contribution in [3.63, 3.8) is 0 Å². The van der Waals surface area contributed by atoms with Gasteiger partial charge in [-0.2, -0.15) is 0 Å². The third kappa shape index (κ3) is 6.96. The molecule has 7 heteroatoms. The fourth-order valence-corrected chi connectivity index (χ4v) is 3.24. The van der Waals surface area contributed by atoms with Gasteiger partial charge in [-0.3, -0.25) is 0 Å². The minimum absolute atomic E-state index is 0.174. The number of aromatic nitrogens is 2. The Labute approximate surface area is 173 Å². The molecule has 2 aromatic rings. The molecule has 2 heterocycles. The molecule has 1 aliphatic heterocycles. The van der Waals surface area contributed by atoms with Gasteiger partial charge in [0.25, 0.3) is 5.88 Å². The van der Waals surface area contributed by atoms with E-state index in [1.54, 1.807) is 6.20 Å². The third-order valence-electron chi connectivity index (χ3n) is 4.98. The Morgan fingerprint density at radius 1 is 1.24 bits per heavy atom. The Morgan fingerprint density at radius 2 is 2.00 bits per heavy atom. The smallest absolute Gasteiger partial charge is 0.257 e. The van der Waals surface area contributed by atoms with Crippen LogP contribution >= 0.6 is 0 Å². The molecule has 1 fully saturated rings. The molecular weight excluding hydrogens is 368 g/mol. The molecule has 0 amide bonds. The number of benzene rings is 1. The average Bonchev–Trinajstić information content (AvgIpc) is 2.76. The van der Waals surface area contributed by atoms with Crippen molar-refractivity contribution < 1.29 is 14.6 Å². The second-order valence-electron chi connectivity index (χ2n) is 7.54. The van der Waals surface area contributed by atoms with Crippen LogP contribution in [0.5, 0.6) is 5.88 Å². The summed E-state index contributed by atoms with van der Waals surface area (Å²) >= 11 is 0. The van der Waals surface area contributed by atoms with Gasteiger partial charge in [-0.25, -0.2) is 9.97 Å². The van der Waals surface area contributed by atoms with E-state index in [0.717, 1.165) is 37.4 Å². The van der Waals surface area contributed by atoms with Crippen LogP contribution in [-0.4, -0.2) is 66.7 Å². The first-order chi connectivity index (χ1) is 14.1. The molecule has 0 spiro atoms. The van der Waals surface area contributed by atoms with E-state index >= 15 is 0 Å². The molecule has 7 nitrogen and oxygen atoms in total. The second-order valence-corrected chi connectivity index (χ2v) is 7.54. The molecule has 0 bridgehead atoms. The summed E-state index contributed by atoms with van der Waals surface area (Å²) in [6, 6.07) is 10.8. The van der Waals surface area contributed by atoms with E-state index in [4.69, 9.17) is 9.47 Å². The summed E-state index contributed by atoms with van der Waals surface area (Å²) in [6.45, 7) is 7.56. The van der Waals surface area contributed by atoms with Gasteiger partial charge in [0, 0.05) is 25.7 Å². The first kappa shape index (κ1) is 21.5. The number of hydrogen-bond acceptors (Lipinski definition) is 7. The van der Waals surface area contributed by atoms with Crippen LogP contribution in [0.3, 0.4) is 0 Å². The van der Waals surface area contributed by atoms with Crippen molar-refractivity contribution in [2.75, 3.05) is 44.4 Å². The lowest BCUT2D eigenvalue weighted by Gasteiger charge is -2.29. The molecule has 3 rings (SSSR count). The van der Waals surface area contributed by atoms with E-state index in [2.05, 4.69) is 51.4 Å². The van der Waals surface area contributed by atoms with E-state index < -0.39 is 6.10 Å². The van der Waals surface area contributed by atoms with Crippen LogP contribution in [0.4, 0.5) is 5.82 Å². The summed E-state index contributed by atoms with van der Waals surface area (Å²) in [5, 5.41) is 13.7. The molecule has 1 aliphatic rings. The zero-order chi connectivity index (χ0) is 20.5. The van der Waals surface area contributed by atoms with Crippen molar-refractivity contribution in [1.29, 1.82) is 0 Å². The van der Waals surface area contributed by atoms with Crippen molar-refractivity contribution in [2.24, 2.45) is 0 Å². The SMILES string of the molecule is Cc1cnc(OCC(O)CNC(C)CCc2ccccc2)c(N2CCOCC2)n1. The standard InChI is InChI=1S/C22H32N4O3/c1-17(8-9-19-6-4-3-5-7-19)23-15-20(27)16-29-22-21(25-18(2)14-24-22)26-10-12-28-13-11-26/h3-7,14,17,20,23,27H,8-13,15-16H2,1-2H3. The molecule has 2 unspecified atom stereocenters.